The lowest BCUT2D eigenvalue weighted by Crippen LogP contribution is -2.46. The van der Waals surface area contributed by atoms with Crippen molar-refractivity contribution in [3.8, 4) is 0 Å². The summed E-state index contributed by atoms with van der Waals surface area (Å²) in [7, 11) is 4.13. The van der Waals surface area contributed by atoms with Crippen LogP contribution in [0.15, 0.2) is 18.2 Å². The Kier molecular flexibility index (Phi) is 5.27. The maximum absolute atomic E-state index is 6.70. The van der Waals surface area contributed by atoms with Gasteiger partial charge in [-0.25, -0.2) is 0 Å². The lowest BCUT2D eigenvalue weighted by Gasteiger charge is -2.39. The highest BCUT2D eigenvalue weighted by molar-refractivity contribution is 6.31. The van der Waals surface area contributed by atoms with E-state index in [-0.39, 0.29) is 0 Å². The zero-order valence-electron chi connectivity index (χ0n) is 13.8. The van der Waals surface area contributed by atoms with E-state index < -0.39 is 0 Å². The predicted molar refractivity (Wildman–Crippen MR) is 94.9 cm³/mol. The summed E-state index contributed by atoms with van der Waals surface area (Å²) < 4.78 is 0. The molecule has 0 radical (unpaired) electrons. The number of hydrogen-bond acceptors (Lipinski definition) is 3. The standard InChI is InChI=1S/C18H28ClN3/c1-21(2)15-7-8-16(17(19)13-15)18(14-5-3-4-6-14)22-11-9-20-10-12-22/h7-8,13-14,18,20H,3-6,9-12H2,1-2H3/t18-/m1/s1. The Bertz CT molecular complexity index is 491. The highest BCUT2D eigenvalue weighted by atomic mass is 35.5. The van der Waals surface area contributed by atoms with Crippen molar-refractivity contribution in [3.63, 3.8) is 0 Å². The van der Waals surface area contributed by atoms with Crippen LogP contribution in [-0.4, -0.2) is 45.2 Å². The highest BCUT2D eigenvalue weighted by Crippen LogP contribution is 2.42. The summed E-state index contributed by atoms with van der Waals surface area (Å²) in [6, 6.07) is 7.10. The molecule has 1 saturated heterocycles. The van der Waals surface area contributed by atoms with Crippen LogP contribution in [-0.2, 0) is 0 Å². The number of hydrogen-bond donors (Lipinski definition) is 1. The molecule has 4 heteroatoms. The molecule has 0 spiro atoms. The normalized spacial score (nSPS) is 22.0. The smallest absolute Gasteiger partial charge is 0.0474 e. The minimum Gasteiger partial charge on any atom is -0.378 e. The molecule has 1 heterocycles. The fourth-order valence-corrected chi connectivity index (χ4v) is 4.30. The second-order valence-corrected chi connectivity index (χ2v) is 7.28. The lowest BCUT2D eigenvalue weighted by molar-refractivity contribution is 0.125. The van der Waals surface area contributed by atoms with Crippen molar-refractivity contribution in [2.45, 2.75) is 31.7 Å². The molecule has 0 aromatic heterocycles. The topological polar surface area (TPSA) is 18.5 Å². The molecule has 22 heavy (non-hydrogen) atoms. The molecule has 1 aliphatic heterocycles. The van der Waals surface area contributed by atoms with Gasteiger partial charge in [-0.05, 0) is 36.5 Å². The van der Waals surface area contributed by atoms with Crippen molar-refractivity contribution >= 4 is 17.3 Å². The lowest BCUT2D eigenvalue weighted by atomic mass is 9.89. The molecule has 3 nitrogen and oxygen atoms in total. The molecular weight excluding hydrogens is 294 g/mol. The summed E-state index contributed by atoms with van der Waals surface area (Å²) in [6.45, 7) is 4.45. The van der Waals surface area contributed by atoms with Gasteiger partial charge in [0.05, 0.1) is 0 Å². The van der Waals surface area contributed by atoms with Crippen molar-refractivity contribution in [2.75, 3.05) is 45.2 Å². The minimum atomic E-state index is 0.494. The second-order valence-electron chi connectivity index (χ2n) is 6.88. The Hall–Kier alpha value is -0.770. The summed E-state index contributed by atoms with van der Waals surface area (Å²) in [4.78, 5) is 4.77. The van der Waals surface area contributed by atoms with E-state index >= 15 is 0 Å². The number of rotatable bonds is 4. The van der Waals surface area contributed by atoms with Crippen LogP contribution in [0, 0.1) is 5.92 Å². The molecule has 1 aromatic carbocycles. The fourth-order valence-electron chi connectivity index (χ4n) is 4.02. The largest absolute Gasteiger partial charge is 0.378 e. The zero-order valence-corrected chi connectivity index (χ0v) is 14.6. The van der Waals surface area contributed by atoms with E-state index in [0.717, 1.165) is 37.1 Å². The third-order valence-electron chi connectivity index (χ3n) is 5.21. The van der Waals surface area contributed by atoms with Crippen LogP contribution >= 0.6 is 11.6 Å². The van der Waals surface area contributed by atoms with Crippen LogP contribution in [0.4, 0.5) is 5.69 Å². The third kappa shape index (κ3) is 3.42. The van der Waals surface area contributed by atoms with Gasteiger partial charge in [0.15, 0.2) is 0 Å². The first-order valence-electron chi connectivity index (χ1n) is 8.58. The number of anilines is 1. The zero-order chi connectivity index (χ0) is 15.5. The molecule has 2 fully saturated rings. The number of benzene rings is 1. The van der Waals surface area contributed by atoms with E-state index in [0.29, 0.717) is 6.04 Å². The third-order valence-corrected chi connectivity index (χ3v) is 5.54. The van der Waals surface area contributed by atoms with Gasteiger partial charge in [-0.2, -0.15) is 0 Å². The van der Waals surface area contributed by atoms with Crippen molar-refractivity contribution in [1.29, 1.82) is 0 Å². The molecule has 0 bridgehead atoms. The Morgan fingerprint density at radius 2 is 1.86 bits per heavy atom. The van der Waals surface area contributed by atoms with Crippen LogP contribution in [0.5, 0.6) is 0 Å². The number of piperazine rings is 1. The van der Waals surface area contributed by atoms with Gasteiger partial charge in [0.25, 0.3) is 0 Å². The van der Waals surface area contributed by atoms with Crippen LogP contribution in [0.25, 0.3) is 0 Å². The molecule has 1 atom stereocenters. The summed E-state index contributed by atoms with van der Waals surface area (Å²) in [5.41, 5.74) is 2.51. The molecule has 1 saturated carbocycles. The summed E-state index contributed by atoms with van der Waals surface area (Å²) in [6.07, 6.45) is 5.45. The van der Waals surface area contributed by atoms with Gasteiger partial charge in [0.2, 0.25) is 0 Å². The molecule has 3 rings (SSSR count). The SMILES string of the molecule is CN(C)c1ccc([C@@H](C2CCCC2)N2CCNCC2)c(Cl)c1. The Labute approximate surface area is 139 Å². The molecule has 1 aromatic rings. The summed E-state index contributed by atoms with van der Waals surface area (Å²) in [5, 5.41) is 4.40. The van der Waals surface area contributed by atoms with Crippen molar-refractivity contribution in [3.05, 3.63) is 28.8 Å². The first-order valence-corrected chi connectivity index (χ1v) is 8.96. The maximum atomic E-state index is 6.70. The molecule has 122 valence electrons. The Morgan fingerprint density at radius 3 is 2.45 bits per heavy atom. The van der Waals surface area contributed by atoms with Gasteiger partial charge in [-0.1, -0.05) is 30.5 Å². The Morgan fingerprint density at radius 1 is 1.18 bits per heavy atom. The van der Waals surface area contributed by atoms with Gasteiger partial charge < -0.3 is 10.2 Å². The first-order chi connectivity index (χ1) is 10.7. The monoisotopic (exact) mass is 321 g/mol. The maximum Gasteiger partial charge on any atom is 0.0474 e. The fraction of sp³-hybridized carbons (Fsp3) is 0.667. The summed E-state index contributed by atoms with van der Waals surface area (Å²) >= 11 is 6.70. The predicted octanol–water partition coefficient (Wildman–Crippen LogP) is 3.54. The van der Waals surface area contributed by atoms with Gasteiger partial charge in [-0.3, -0.25) is 4.90 Å². The highest BCUT2D eigenvalue weighted by Gasteiger charge is 2.33. The van der Waals surface area contributed by atoms with Crippen molar-refractivity contribution in [1.82, 2.24) is 10.2 Å². The van der Waals surface area contributed by atoms with E-state index in [9.17, 15) is 0 Å². The van der Waals surface area contributed by atoms with E-state index in [2.05, 4.69) is 47.4 Å². The average molecular weight is 322 g/mol. The molecule has 2 aliphatic rings. The van der Waals surface area contributed by atoms with Crippen LogP contribution in [0.2, 0.25) is 5.02 Å². The Balaban J connectivity index is 1.90. The number of nitrogens with zero attached hydrogens (tertiary/aromatic N) is 2. The van der Waals surface area contributed by atoms with Crippen LogP contribution < -0.4 is 10.2 Å². The average Bonchev–Trinajstić information content (AvgIpc) is 3.04. The summed E-state index contributed by atoms with van der Waals surface area (Å²) in [5.74, 6) is 0.765. The van der Waals surface area contributed by atoms with Crippen molar-refractivity contribution < 1.29 is 0 Å². The molecule has 1 N–H and O–H groups in total. The van der Waals surface area contributed by atoms with E-state index in [1.54, 1.807) is 0 Å². The first kappa shape index (κ1) is 16.1. The molecular formula is C18H28ClN3. The van der Waals surface area contributed by atoms with E-state index in [1.165, 1.54) is 36.9 Å². The quantitative estimate of drug-likeness (QED) is 0.915. The minimum absolute atomic E-state index is 0.494. The molecule has 1 aliphatic carbocycles. The number of halogens is 1. The molecule has 0 unspecified atom stereocenters. The van der Waals surface area contributed by atoms with E-state index in [1.807, 2.05) is 0 Å². The van der Waals surface area contributed by atoms with Gasteiger partial charge in [-0.15, -0.1) is 0 Å². The van der Waals surface area contributed by atoms with Crippen molar-refractivity contribution in [2.24, 2.45) is 5.92 Å². The molecule has 0 amide bonds. The van der Waals surface area contributed by atoms with Gasteiger partial charge in [0.1, 0.15) is 0 Å². The van der Waals surface area contributed by atoms with Gasteiger partial charge >= 0.3 is 0 Å². The van der Waals surface area contributed by atoms with Gasteiger partial charge in [0, 0.05) is 57.0 Å². The number of nitrogens with one attached hydrogen (secondary N) is 1. The van der Waals surface area contributed by atoms with Crippen LogP contribution in [0.3, 0.4) is 0 Å². The van der Waals surface area contributed by atoms with Crippen LogP contribution in [0.1, 0.15) is 37.3 Å². The second kappa shape index (κ2) is 7.20. The van der Waals surface area contributed by atoms with E-state index in [4.69, 9.17) is 11.6 Å².